The summed E-state index contributed by atoms with van der Waals surface area (Å²) >= 11 is 0. The number of aliphatic hydroxyl groups is 1. The monoisotopic (exact) mass is 198 g/mol. The first-order chi connectivity index (χ1) is 6.54. The normalized spacial score (nSPS) is 34.1. The number of benzene rings is 1. The molecule has 2 atom stereocenters. The Morgan fingerprint density at radius 3 is 2.29 bits per heavy atom. The Morgan fingerprint density at radius 1 is 1.29 bits per heavy atom. The van der Waals surface area contributed by atoms with Crippen LogP contribution in [0.4, 0.5) is 8.78 Å². The Balaban J connectivity index is 2.32. The van der Waals surface area contributed by atoms with E-state index in [0.29, 0.717) is 5.56 Å². The molecule has 3 heteroatoms. The van der Waals surface area contributed by atoms with E-state index < -0.39 is 23.9 Å². The van der Waals surface area contributed by atoms with Crippen LogP contribution in [0.3, 0.4) is 0 Å². The second-order valence-electron chi connectivity index (χ2n) is 4.04. The highest BCUT2D eigenvalue weighted by atomic mass is 19.3. The Morgan fingerprint density at radius 2 is 1.86 bits per heavy atom. The van der Waals surface area contributed by atoms with Gasteiger partial charge in [-0.15, -0.1) is 0 Å². The zero-order chi connectivity index (χ0) is 10.4. The zero-order valence-corrected chi connectivity index (χ0v) is 7.87. The molecule has 14 heavy (non-hydrogen) atoms. The average Bonchev–Trinajstić information content (AvgIpc) is 2.63. The molecule has 0 radical (unpaired) electrons. The average molecular weight is 198 g/mol. The number of hydrogen-bond acceptors (Lipinski definition) is 1. The van der Waals surface area contributed by atoms with Crippen molar-refractivity contribution in [2.24, 2.45) is 5.41 Å². The van der Waals surface area contributed by atoms with Crippen LogP contribution in [0.1, 0.15) is 18.4 Å². The van der Waals surface area contributed by atoms with Crippen LogP contribution in [0.5, 0.6) is 0 Å². The summed E-state index contributed by atoms with van der Waals surface area (Å²) in [5.41, 5.74) is -0.664. The SMILES string of the molecule is C[C@]1(CO)[C@H](c2ccccc2)C1(F)F. The molecular weight excluding hydrogens is 186 g/mol. The van der Waals surface area contributed by atoms with Crippen molar-refractivity contribution in [2.45, 2.75) is 18.8 Å². The molecule has 0 unspecified atom stereocenters. The maximum atomic E-state index is 13.4. The molecule has 1 aliphatic carbocycles. The Bertz CT molecular complexity index is 336. The van der Waals surface area contributed by atoms with Crippen molar-refractivity contribution in [1.82, 2.24) is 0 Å². The lowest BCUT2D eigenvalue weighted by Gasteiger charge is -2.03. The van der Waals surface area contributed by atoms with Crippen molar-refractivity contribution in [3.05, 3.63) is 35.9 Å². The topological polar surface area (TPSA) is 20.2 Å². The van der Waals surface area contributed by atoms with Crippen molar-refractivity contribution in [3.8, 4) is 0 Å². The van der Waals surface area contributed by atoms with Crippen LogP contribution in [0.25, 0.3) is 0 Å². The highest BCUT2D eigenvalue weighted by Gasteiger charge is 2.77. The molecule has 0 saturated heterocycles. The Kier molecular flexibility index (Phi) is 1.89. The van der Waals surface area contributed by atoms with Gasteiger partial charge in [0.25, 0.3) is 5.92 Å². The minimum Gasteiger partial charge on any atom is -0.396 e. The van der Waals surface area contributed by atoms with Gasteiger partial charge in [0.2, 0.25) is 0 Å². The summed E-state index contributed by atoms with van der Waals surface area (Å²) in [4.78, 5) is 0. The third-order valence-electron chi connectivity index (χ3n) is 3.14. The molecule has 76 valence electrons. The highest BCUT2D eigenvalue weighted by Crippen LogP contribution is 2.70. The minimum absolute atomic E-state index is 0.473. The Hall–Kier alpha value is -0.960. The van der Waals surface area contributed by atoms with Crippen LogP contribution in [0.2, 0.25) is 0 Å². The van der Waals surface area contributed by atoms with E-state index in [-0.39, 0.29) is 0 Å². The fraction of sp³-hybridized carbons (Fsp3) is 0.455. The predicted octanol–water partition coefficient (Wildman–Crippen LogP) is 2.42. The number of halogens is 2. The van der Waals surface area contributed by atoms with Gasteiger partial charge in [0.1, 0.15) is 0 Å². The van der Waals surface area contributed by atoms with Gasteiger partial charge in [0, 0.05) is 0 Å². The van der Waals surface area contributed by atoms with Crippen molar-refractivity contribution < 1.29 is 13.9 Å². The second kappa shape index (κ2) is 2.76. The van der Waals surface area contributed by atoms with E-state index in [2.05, 4.69) is 0 Å². The molecule has 0 bridgehead atoms. The number of hydrogen-bond donors (Lipinski definition) is 1. The first kappa shape index (κ1) is 9.59. The first-order valence-electron chi connectivity index (χ1n) is 4.57. The molecular formula is C11H12F2O. The van der Waals surface area contributed by atoms with Crippen molar-refractivity contribution >= 4 is 0 Å². The number of alkyl halides is 2. The largest absolute Gasteiger partial charge is 0.396 e. The molecule has 1 aromatic carbocycles. The van der Waals surface area contributed by atoms with Gasteiger partial charge in [-0.3, -0.25) is 0 Å². The van der Waals surface area contributed by atoms with E-state index in [1.165, 1.54) is 6.92 Å². The third kappa shape index (κ3) is 1.02. The first-order valence-corrected chi connectivity index (χ1v) is 4.57. The van der Waals surface area contributed by atoms with Crippen molar-refractivity contribution in [1.29, 1.82) is 0 Å². The molecule has 1 saturated carbocycles. The van der Waals surface area contributed by atoms with Crippen LogP contribution in [-0.4, -0.2) is 17.6 Å². The van der Waals surface area contributed by atoms with Crippen molar-refractivity contribution in [3.63, 3.8) is 0 Å². The zero-order valence-electron chi connectivity index (χ0n) is 7.87. The fourth-order valence-electron chi connectivity index (χ4n) is 2.00. The molecule has 0 spiro atoms. The van der Waals surface area contributed by atoms with Gasteiger partial charge < -0.3 is 5.11 Å². The van der Waals surface area contributed by atoms with Gasteiger partial charge in [-0.2, -0.15) is 0 Å². The maximum Gasteiger partial charge on any atom is 0.263 e. The summed E-state index contributed by atoms with van der Waals surface area (Å²) < 4.78 is 26.7. The molecule has 1 nitrogen and oxygen atoms in total. The van der Waals surface area contributed by atoms with Crippen molar-refractivity contribution in [2.75, 3.05) is 6.61 Å². The Labute approximate surface area is 81.4 Å². The predicted molar refractivity (Wildman–Crippen MR) is 49.3 cm³/mol. The molecule has 1 N–H and O–H groups in total. The molecule has 1 fully saturated rings. The smallest absolute Gasteiger partial charge is 0.263 e. The van der Waals surface area contributed by atoms with E-state index in [9.17, 15) is 8.78 Å². The van der Waals surface area contributed by atoms with Crippen LogP contribution in [-0.2, 0) is 0 Å². The van der Waals surface area contributed by atoms with E-state index >= 15 is 0 Å². The van der Waals surface area contributed by atoms with E-state index in [1.807, 2.05) is 0 Å². The van der Waals surface area contributed by atoms with Crippen LogP contribution in [0.15, 0.2) is 30.3 Å². The summed E-state index contributed by atoms with van der Waals surface area (Å²) in [6, 6.07) is 8.63. The van der Waals surface area contributed by atoms with Gasteiger partial charge in [-0.25, -0.2) is 8.78 Å². The highest BCUT2D eigenvalue weighted by molar-refractivity contribution is 5.36. The van der Waals surface area contributed by atoms with Crippen LogP contribution in [0, 0.1) is 5.41 Å². The maximum absolute atomic E-state index is 13.4. The van der Waals surface area contributed by atoms with E-state index in [4.69, 9.17) is 5.11 Å². The summed E-state index contributed by atoms with van der Waals surface area (Å²) in [6.07, 6.45) is 0. The van der Waals surface area contributed by atoms with Crippen LogP contribution >= 0.6 is 0 Å². The quantitative estimate of drug-likeness (QED) is 0.773. The summed E-state index contributed by atoms with van der Waals surface area (Å²) in [7, 11) is 0. The molecule has 1 aromatic rings. The molecule has 0 heterocycles. The molecule has 2 rings (SSSR count). The number of rotatable bonds is 2. The standard InChI is InChI=1S/C11H12F2O/c1-10(7-14)9(11(10,12)13)8-5-3-2-4-6-8/h2-6,9,14H,7H2,1H3/t9-,10-/m0/s1. The third-order valence-corrected chi connectivity index (χ3v) is 3.14. The van der Waals surface area contributed by atoms with Gasteiger partial charge in [0.15, 0.2) is 0 Å². The van der Waals surface area contributed by atoms with Gasteiger partial charge >= 0.3 is 0 Å². The number of aliphatic hydroxyl groups excluding tert-OH is 1. The lowest BCUT2D eigenvalue weighted by Crippen LogP contribution is -2.10. The minimum atomic E-state index is -2.77. The van der Waals surface area contributed by atoms with E-state index in [0.717, 1.165) is 0 Å². The van der Waals surface area contributed by atoms with Gasteiger partial charge in [-0.1, -0.05) is 37.3 Å². The lowest BCUT2D eigenvalue weighted by molar-refractivity contribution is 0.0436. The summed E-state index contributed by atoms with van der Waals surface area (Å²) in [5.74, 6) is -3.61. The molecule has 0 aliphatic heterocycles. The molecule has 0 aromatic heterocycles. The van der Waals surface area contributed by atoms with Gasteiger partial charge in [-0.05, 0) is 5.56 Å². The van der Waals surface area contributed by atoms with Crippen LogP contribution < -0.4 is 0 Å². The van der Waals surface area contributed by atoms with Gasteiger partial charge in [0.05, 0.1) is 17.9 Å². The fourth-order valence-corrected chi connectivity index (χ4v) is 2.00. The molecule has 1 aliphatic rings. The van der Waals surface area contributed by atoms with E-state index in [1.54, 1.807) is 30.3 Å². The lowest BCUT2D eigenvalue weighted by atomic mass is 10.0. The summed E-state index contributed by atoms with van der Waals surface area (Å²) in [6.45, 7) is 0.949. The molecule has 0 amide bonds. The second-order valence-corrected chi connectivity index (χ2v) is 4.04. The summed E-state index contributed by atoms with van der Waals surface area (Å²) in [5, 5.41) is 8.95.